The van der Waals surface area contributed by atoms with Crippen molar-refractivity contribution in [3.05, 3.63) is 34.9 Å². The van der Waals surface area contributed by atoms with Gasteiger partial charge in [0.2, 0.25) is 0 Å². The highest BCUT2D eigenvalue weighted by atomic mass is 16.5. The van der Waals surface area contributed by atoms with E-state index < -0.39 is 0 Å². The van der Waals surface area contributed by atoms with Gasteiger partial charge in [0.15, 0.2) is 0 Å². The third kappa shape index (κ3) is 3.38. The highest BCUT2D eigenvalue weighted by Gasteiger charge is 2.31. The molecule has 1 amide bonds. The lowest BCUT2D eigenvalue weighted by Gasteiger charge is -2.24. The van der Waals surface area contributed by atoms with Crippen LogP contribution in [0.5, 0.6) is 0 Å². The van der Waals surface area contributed by atoms with Crippen LogP contribution in [0.15, 0.2) is 18.2 Å². The molecule has 1 saturated heterocycles. The largest absolute Gasteiger partial charge is 0.384 e. The van der Waals surface area contributed by atoms with Gasteiger partial charge >= 0.3 is 0 Å². The van der Waals surface area contributed by atoms with E-state index in [-0.39, 0.29) is 18.1 Å². The van der Waals surface area contributed by atoms with E-state index in [1.165, 1.54) is 0 Å². The molecule has 1 aromatic carbocycles. The van der Waals surface area contributed by atoms with Gasteiger partial charge in [0, 0.05) is 17.7 Å². The maximum absolute atomic E-state index is 12.4. The molecule has 1 fully saturated rings. The molecular formula is C16H19NO3. The average Bonchev–Trinajstić information content (AvgIpc) is 2.84. The van der Waals surface area contributed by atoms with Crippen LogP contribution in [0.4, 0.5) is 0 Å². The van der Waals surface area contributed by atoms with Crippen molar-refractivity contribution in [2.45, 2.75) is 25.8 Å². The zero-order valence-electron chi connectivity index (χ0n) is 11.8. The number of aryl methyl sites for hydroxylation is 1. The maximum atomic E-state index is 12.4. The van der Waals surface area contributed by atoms with Crippen LogP contribution in [-0.4, -0.2) is 36.4 Å². The quantitative estimate of drug-likeness (QED) is 0.797. The molecular weight excluding hydrogens is 254 g/mol. The number of nitrogens with one attached hydrogen (secondary N) is 1. The Balaban J connectivity index is 2.20. The van der Waals surface area contributed by atoms with Crippen molar-refractivity contribution < 1.29 is 14.6 Å². The van der Waals surface area contributed by atoms with E-state index in [2.05, 4.69) is 17.2 Å². The SMILES string of the molecule is Cc1ccc(C#CCO)cc1C(=O)NC1(C)CCOC1. The van der Waals surface area contributed by atoms with Crippen molar-refractivity contribution in [3.8, 4) is 11.8 Å². The predicted molar refractivity (Wildman–Crippen MR) is 76.5 cm³/mol. The fourth-order valence-corrected chi connectivity index (χ4v) is 2.19. The summed E-state index contributed by atoms with van der Waals surface area (Å²) in [7, 11) is 0. The lowest BCUT2D eigenvalue weighted by molar-refractivity contribution is 0.0889. The summed E-state index contributed by atoms with van der Waals surface area (Å²) in [5, 5.41) is 11.8. The number of hydrogen-bond acceptors (Lipinski definition) is 3. The van der Waals surface area contributed by atoms with Crippen molar-refractivity contribution in [1.29, 1.82) is 0 Å². The Morgan fingerprint density at radius 1 is 1.55 bits per heavy atom. The summed E-state index contributed by atoms with van der Waals surface area (Å²) in [6.45, 7) is 4.92. The zero-order chi connectivity index (χ0) is 14.6. The highest BCUT2D eigenvalue weighted by molar-refractivity contribution is 5.96. The standard InChI is InChI=1S/C16H19NO3/c1-12-5-6-13(4-3-8-18)10-14(12)15(19)17-16(2)7-9-20-11-16/h5-6,10,18H,7-9,11H2,1-2H3,(H,17,19). The Morgan fingerprint density at radius 3 is 3.00 bits per heavy atom. The fraction of sp³-hybridized carbons (Fsp3) is 0.438. The molecule has 0 bridgehead atoms. The molecule has 4 heteroatoms. The van der Waals surface area contributed by atoms with E-state index in [4.69, 9.17) is 9.84 Å². The molecule has 20 heavy (non-hydrogen) atoms. The van der Waals surface area contributed by atoms with Crippen molar-refractivity contribution in [2.24, 2.45) is 0 Å². The minimum atomic E-state index is -0.295. The van der Waals surface area contributed by atoms with Crippen molar-refractivity contribution in [3.63, 3.8) is 0 Å². The molecule has 1 heterocycles. The Labute approximate surface area is 119 Å². The van der Waals surface area contributed by atoms with Gasteiger partial charge in [0.1, 0.15) is 6.61 Å². The van der Waals surface area contributed by atoms with E-state index in [1.54, 1.807) is 6.07 Å². The van der Waals surface area contributed by atoms with Gasteiger partial charge in [0.05, 0.1) is 12.1 Å². The Morgan fingerprint density at radius 2 is 2.35 bits per heavy atom. The summed E-state index contributed by atoms with van der Waals surface area (Å²) in [6, 6.07) is 5.46. The number of aliphatic hydroxyl groups excluding tert-OH is 1. The van der Waals surface area contributed by atoms with E-state index >= 15 is 0 Å². The minimum absolute atomic E-state index is 0.108. The van der Waals surface area contributed by atoms with Crippen molar-refractivity contribution >= 4 is 5.91 Å². The first-order valence-corrected chi connectivity index (χ1v) is 6.65. The minimum Gasteiger partial charge on any atom is -0.384 e. The molecule has 1 atom stereocenters. The smallest absolute Gasteiger partial charge is 0.252 e. The van der Waals surface area contributed by atoms with Gasteiger partial charge in [-0.25, -0.2) is 0 Å². The van der Waals surface area contributed by atoms with Gasteiger partial charge in [-0.15, -0.1) is 0 Å². The van der Waals surface area contributed by atoms with E-state index in [0.717, 1.165) is 17.5 Å². The topological polar surface area (TPSA) is 58.6 Å². The number of benzene rings is 1. The van der Waals surface area contributed by atoms with Crippen molar-refractivity contribution in [2.75, 3.05) is 19.8 Å². The third-order valence-corrected chi connectivity index (χ3v) is 3.43. The number of carbonyl (C=O) groups is 1. The first-order chi connectivity index (χ1) is 9.54. The van der Waals surface area contributed by atoms with E-state index in [0.29, 0.717) is 18.8 Å². The van der Waals surface area contributed by atoms with Gasteiger partial charge in [-0.3, -0.25) is 4.79 Å². The van der Waals surface area contributed by atoms with Gasteiger partial charge in [-0.2, -0.15) is 0 Å². The zero-order valence-corrected chi connectivity index (χ0v) is 11.8. The monoisotopic (exact) mass is 273 g/mol. The van der Waals surface area contributed by atoms with Gasteiger partial charge in [0.25, 0.3) is 5.91 Å². The normalized spacial score (nSPS) is 21.1. The van der Waals surface area contributed by atoms with Gasteiger partial charge < -0.3 is 15.2 Å². The summed E-state index contributed by atoms with van der Waals surface area (Å²) in [4.78, 5) is 12.4. The van der Waals surface area contributed by atoms with Crippen LogP contribution in [0.2, 0.25) is 0 Å². The number of carbonyl (C=O) groups excluding carboxylic acids is 1. The fourth-order valence-electron chi connectivity index (χ4n) is 2.19. The molecule has 2 rings (SSSR count). The van der Waals surface area contributed by atoms with Gasteiger partial charge in [-0.05, 0) is 38.0 Å². The lowest BCUT2D eigenvalue weighted by Crippen LogP contribution is -2.46. The Bertz CT molecular complexity index is 563. The van der Waals surface area contributed by atoms with Crippen LogP contribution in [0.3, 0.4) is 0 Å². The summed E-state index contributed by atoms with van der Waals surface area (Å²) in [5.74, 6) is 5.29. The summed E-state index contributed by atoms with van der Waals surface area (Å²) in [6.07, 6.45) is 0.821. The Kier molecular flexibility index (Phi) is 4.43. The van der Waals surface area contributed by atoms with E-state index in [9.17, 15) is 4.79 Å². The van der Waals surface area contributed by atoms with Crippen LogP contribution >= 0.6 is 0 Å². The molecule has 0 saturated carbocycles. The number of aliphatic hydroxyl groups is 1. The first kappa shape index (κ1) is 14.6. The molecule has 1 aliphatic rings. The highest BCUT2D eigenvalue weighted by Crippen LogP contribution is 2.19. The second-order valence-electron chi connectivity index (χ2n) is 5.31. The molecule has 1 aromatic rings. The number of rotatable bonds is 2. The molecule has 2 N–H and O–H groups in total. The van der Waals surface area contributed by atoms with Crippen LogP contribution in [0.25, 0.3) is 0 Å². The number of hydrogen-bond donors (Lipinski definition) is 2. The molecule has 106 valence electrons. The lowest BCUT2D eigenvalue weighted by atomic mass is 9.99. The summed E-state index contributed by atoms with van der Waals surface area (Å²) < 4.78 is 5.34. The summed E-state index contributed by atoms with van der Waals surface area (Å²) >= 11 is 0. The van der Waals surface area contributed by atoms with Crippen molar-refractivity contribution in [1.82, 2.24) is 5.32 Å². The summed E-state index contributed by atoms with van der Waals surface area (Å²) in [5.41, 5.74) is 1.95. The Hall–Kier alpha value is -1.83. The predicted octanol–water partition coefficient (Wildman–Crippen LogP) is 1.25. The second kappa shape index (κ2) is 6.08. The third-order valence-electron chi connectivity index (χ3n) is 3.43. The average molecular weight is 273 g/mol. The first-order valence-electron chi connectivity index (χ1n) is 6.65. The van der Waals surface area contributed by atoms with Crippen LogP contribution in [0, 0.1) is 18.8 Å². The molecule has 0 aliphatic carbocycles. The second-order valence-corrected chi connectivity index (χ2v) is 5.31. The van der Waals surface area contributed by atoms with E-state index in [1.807, 2.05) is 26.0 Å². The molecule has 1 unspecified atom stereocenters. The van der Waals surface area contributed by atoms with Crippen LogP contribution < -0.4 is 5.32 Å². The molecule has 0 aromatic heterocycles. The molecule has 0 spiro atoms. The molecule has 0 radical (unpaired) electrons. The maximum Gasteiger partial charge on any atom is 0.252 e. The van der Waals surface area contributed by atoms with Crippen LogP contribution in [-0.2, 0) is 4.74 Å². The van der Waals surface area contributed by atoms with Crippen LogP contribution in [0.1, 0.15) is 34.8 Å². The van der Waals surface area contributed by atoms with Gasteiger partial charge in [-0.1, -0.05) is 17.9 Å². The molecule has 1 aliphatic heterocycles. The number of ether oxygens (including phenoxy) is 1. The number of amides is 1. The molecule has 4 nitrogen and oxygen atoms in total.